The first-order chi connectivity index (χ1) is 13.6. The molecule has 0 aliphatic heterocycles. The molecule has 0 fully saturated rings. The first-order valence-electron chi connectivity index (χ1n) is 11.1. The van der Waals surface area contributed by atoms with Gasteiger partial charge in [-0.25, -0.2) is 9.59 Å². The Hall–Kier alpha value is -1.50. The molecule has 0 aliphatic rings. The topological polar surface area (TPSA) is 96.9 Å². The van der Waals surface area contributed by atoms with Crippen molar-refractivity contribution in [3.05, 3.63) is 0 Å². The zero-order chi connectivity index (χ0) is 20.9. The zero-order valence-corrected chi connectivity index (χ0v) is 18.0. The molecule has 0 heterocycles. The van der Waals surface area contributed by atoms with Gasteiger partial charge in [0.25, 0.3) is 0 Å². The molecule has 28 heavy (non-hydrogen) atoms. The van der Waals surface area contributed by atoms with Gasteiger partial charge in [0, 0.05) is 13.1 Å². The lowest BCUT2D eigenvalue weighted by Gasteiger charge is -2.13. The van der Waals surface area contributed by atoms with Crippen LogP contribution in [-0.4, -0.2) is 49.7 Å². The molecular weight excluding hydrogens is 360 g/mol. The van der Waals surface area contributed by atoms with Gasteiger partial charge >= 0.3 is 12.2 Å². The number of hydrogen-bond donors (Lipinski definition) is 3. The van der Waals surface area contributed by atoms with Crippen LogP contribution in [0.25, 0.3) is 0 Å². The third-order valence-corrected chi connectivity index (χ3v) is 4.41. The summed E-state index contributed by atoms with van der Waals surface area (Å²) in [6.07, 6.45) is 11.7. The van der Waals surface area contributed by atoms with E-state index in [1.54, 1.807) is 0 Å². The molecule has 7 heteroatoms. The van der Waals surface area contributed by atoms with Crippen molar-refractivity contribution in [2.24, 2.45) is 0 Å². The van der Waals surface area contributed by atoms with Crippen molar-refractivity contribution >= 4 is 12.2 Å². The van der Waals surface area contributed by atoms with Crippen molar-refractivity contribution in [2.45, 2.75) is 97.0 Å². The average Bonchev–Trinajstić information content (AvgIpc) is 2.69. The molecule has 0 aromatic carbocycles. The zero-order valence-electron chi connectivity index (χ0n) is 18.0. The highest BCUT2D eigenvalue weighted by molar-refractivity contribution is 5.67. The Morgan fingerprint density at radius 3 is 1.43 bits per heavy atom. The van der Waals surface area contributed by atoms with Crippen molar-refractivity contribution in [1.82, 2.24) is 10.6 Å². The number of ether oxygens (including phenoxy) is 2. The predicted molar refractivity (Wildman–Crippen MR) is 111 cm³/mol. The molecule has 2 amide bonds. The Morgan fingerprint density at radius 1 is 0.679 bits per heavy atom. The van der Waals surface area contributed by atoms with E-state index in [-0.39, 0.29) is 13.2 Å². The minimum Gasteiger partial charge on any atom is -0.447 e. The van der Waals surface area contributed by atoms with Gasteiger partial charge in [-0.15, -0.1) is 0 Å². The Labute approximate surface area is 170 Å². The maximum atomic E-state index is 11.5. The van der Waals surface area contributed by atoms with E-state index < -0.39 is 18.3 Å². The fourth-order valence-electron chi connectivity index (χ4n) is 2.69. The maximum Gasteiger partial charge on any atom is 0.407 e. The van der Waals surface area contributed by atoms with Crippen molar-refractivity contribution in [2.75, 3.05) is 26.3 Å². The number of carbonyl (C=O) groups excluding carboxylic acids is 2. The van der Waals surface area contributed by atoms with Crippen LogP contribution in [0.1, 0.15) is 90.9 Å². The molecule has 0 saturated carbocycles. The number of rotatable bonds is 18. The van der Waals surface area contributed by atoms with E-state index in [0.29, 0.717) is 13.1 Å². The van der Waals surface area contributed by atoms with Gasteiger partial charge in [0.05, 0.1) is 0 Å². The fraction of sp³-hybridized carbons (Fsp3) is 0.905. The van der Waals surface area contributed by atoms with Gasteiger partial charge < -0.3 is 25.2 Å². The average molecular weight is 403 g/mol. The van der Waals surface area contributed by atoms with Crippen LogP contribution in [0.5, 0.6) is 0 Å². The summed E-state index contributed by atoms with van der Waals surface area (Å²) in [5.41, 5.74) is 0. The molecule has 0 radical (unpaired) electrons. The first-order valence-corrected chi connectivity index (χ1v) is 11.1. The summed E-state index contributed by atoms with van der Waals surface area (Å²) in [5, 5.41) is 15.0. The quantitative estimate of drug-likeness (QED) is 0.293. The molecule has 0 rings (SSSR count). The standard InChI is InChI=1S/C21H42N2O5/c1-3-5-7-9-11-13-15-22-20(25)27-17-19(24)18-28-21(26)23-16-14-12-10-8-6-4-2/h19,24H,3-18H2,1-2H3,(H,22,25)(H,23,26). The predicted octanol–water partition coefficient (Wildman–Crippen LogP) is 4.52. The van der Waals surface area contributed by atoms with Crippen molar-refractivity contribution in [3.8, 4) is 0 Å². The van der Waals surface area contributed by atoms with E-state index in [0.717, 1.165) is 25.7 Å². The molecule has 0 atom stereocenters. The third-order valence-electron chi connectivity index (χ3n) is 4.41. The number of hydrogen-bond acceptors (Lipinski definition) is 5. The number of carbonyl (C=O) groups is 2. The minimum atomic E-state index is -1.03. The van der Waals surface area contributed by atoms with Gasteiger partial charge in [-0.3, -0.25) is 0 Å². The highest BCUT2D eigenvalue weighted by Gasteiger charge is 2.11. The molecule has 0 spiro atoms. The summed E-state index contributed by atoms with van der Waals surface area (Å²) in [6.45, 7) is 5.09. The lowest BCUT2D eigenvalue weighted by atomic mass is 10.1. The summed E-state index contributed by atoms with van der Waals surface area (Å²) in [7, 11) is 0. The van der Waals surface area contributed by atoms with Gasteiger partial charge in [-0.2, -0.15) is 0 Å². The summed E-state index contributed by atoms with van der Waals surface area (Å²) in [5.74, 6) is 0. The van der Waals surface area contributed by atoms with Crippen LogP contribution in [-0.2, 0) is 9.47 Å². The van der Waals surface area contributed by atoms with Crippen LogP contribution in [0, 0.1) is 0 Å². The number of unbranched alkanes of at least 4 members (excludes halogenated alkanes) is 10. The Morgan fingerprint density at radius 2 is 1.04 bits per heavy atom. The minimum absolute atomic E-state index is 0.201. The molecule has 0 aromatic heterocycles. The van der Waals surface area contributed by atoms with Gasteiger partial charge in [0.15, 0.2) is 0 Å². The first kappa shape index (κ1) is 26.5. The second-order valence-corrected chi connectivity index (χ2v) is 7.24. The van der Waals surface area contributed by atoms with E-state index in [2.05, 4.69) is 24.5 Å². The molecule has 166 valence electrons. The lowest BCUT2D eigenvalue weighted by molar-refractivity contribution is 0.0227. The molecule has 7 nitrogen and oxygen atoms in total. The molecule has 3 N–H and O–H groups in total. The Kier molecular flexibility index (Phi) is 19.2. The summed E-state index contributed by atoms with van der Waals surface area (Å²) in [4.78, 5) is 23.0. The van der Waals surface area contributed by atoms with Crippen LogP contribution in [0.3, 0.4) is 0 Å². The van der Waals surface area contributed by atoms with Crippen LogP contribution in [0.15, 0.2) is 0 Å². The highest BCUT2D eigenvalue weighted by Crippen LogP contribution is 2.05. The normalized spacial score (nSPS) is 10.7. The molecule has 0 saturated heterocycles. The number of aliphatic hydroxyl groups is 1. The highest BCUT2D eigenvalue weighted by atomic mass is 16.6. The Bertz CT molecular complexity index is 346. The van der Waals surface area contributed by atoms with Crippen molar-refractivity contribution < 1.29 is 24.2 Å². The Balaban J connectivity index is 3.48. The van der Waals surface area contributed by atoms with E-state index in [9.17, 15) is 14.7 Å². The lowest BCUT2D eigenvalue weighted by Crippen LogP contribution is -2.33. The van der Waals surface area contributed by atoms with Gasteiger partial charge in [0.2, 0.25) is 0 Å². The van der Waals surface area contributed by atoms with Crippen molar-refractivity contribution in [1.29, 1.82) is 0 Å². The third kappa shape index (κ3) is 19.3. The van der Waals surface area contributed by atoms with E-state index >= 15 is 0 Å². The largest absolute Gasteiger partial charge is 0.447 e. The molecule has 0 aliphatic carbocycles. The van der Waals surface area contributed by atoms with Gasteiger partial charge in [0.1, 0.15) is 19.3 Å². The maximum absolute atomic E-state index is 11.5. The summed E-state index contributed by atoms with van der Waals surface area (Å²) >= 11 is 0. The van der Waals surface area contributed by atoms with E-state index in [1.165, 1.54) is 51.4 Å². The SMILES string of the molecule is CCCCCCCCNC(=O)OCC(O)COC(=O)NCCCCCCCC. The monoisotopic (exact) mass is 402 g/mol. The second-order valence-electron chi connectivity index (χ2n) is 7.24. The van der Waals surface area contributed by atoms with Gasteiger partial charge in [-0.1, -0.05) is 78.1 Å². The number of nitrogens with one attached hydrogen (secondary N) is 2. The van der Waals surface area contributed by atoms with E-state index in [1.807, 2.05) is 0 Å². The second kappa shape index (κ2) is 20.2. The van der Waals surface area contributed by atoms with Crippen molar-refractivity contribution in [3.63, 3.8) is 0 Å². The summed E-state index contributed by atoms with van der Waals surface area (Å²) in [6, 6.07) is 0. The van der Waals surface area contributed by atoms with Crippen LogP contribution in [0.2, 0.25) is 0 Å². The number of alkyl carbamates (subject to hydrolysis) is 2. The van der Waals surface area contributed by atoms with E-state index in [4.69, 9.17) is 9.47 Å². The fourth-order valence-corrected chi connectivity index (χ4v) is 2.69. The van der Waals surface area contributed by atoms with Crippen LogP contribution in [0.4, 0.5) is 9.59 Å². The number of aliphatic hydroxyl groups excluding tert-OH is 1. The van der Waals surface area contributed by atoms with Crippen LogP contribution < -0.4 is 10.6 Å². The molecular formula is C21H42N2O5. The number of amides is 2. The molecule has 0 unspecified atom stereocenters. The van der Waals surface area contributed by atoms with Crippen LogP contribution >= 0.6 is 0 Å². The molecule has 0 aromatic rings. The molecule has 0 bridgehead atoms. The smallest absolute Gasteiger partial charge is 0.407 e. The van der Waals surface area contributed by atoms with Gasteiger partial charge in [-0.05, 0) is 12.8 Å². The summed E-state index contributed by atoms with van der Waals surface area (Å²) < 4.78 is 9.83.